The molecular weight excluding hydrogens is 216 g/mol. The zero-order valence-electron chi connectivity index (χ0n) is 9.82. The molecule has 0 radical (unpaired) electrons. The molecule has 0 aliphatic carbocycles. The molecule has 0 unspecified atom stereocenters. The Morgan fingerprint density at radius 3 is 3.00 bits per heavy atom. The Balaban J connectivity index is 2.52. The zero-order chi connectivity index (χ0) is 11.3. The highest BCUT2D eigenvalue weighted by Gasteiger charge is 2.17. The molecule has 0 aromatic carbocycles. The Kier molecular flexibility index (Phi) is 2.04. The smallest absolute Gasteiger partial charge is 0.236 e. The van der Waals surface area contributed by atoms with E-state index in [-0.39, 0.29) is 0 Å². The highest BCUT2D eigenvalue weighted by molar-refractivity contribution is 7.18. The third-order valence-corrected chi connectivity index (χ3v) is 4.36. The van der Waals surface area contributed by atoms with Crippen molar-refractivity contribution in [3.05, 3.63) is 35.2 Å². The van der Waals surface area contributed by atoms with E-state index in [1.54, 1.807) is 0 Å². The van der Waals surface area contributed by atoms with Crippen molar-refractivity contribution in [1.82, 2.24) is 4.40 Å². The van der Waals surface area contributed by atoms with E-state index >= 15 is 0 Å². The fraction of sp³-hybridized carbons (Fsp3) is 0.308. The lowest BCUT2D eigenvalue weighted by Crippen LogP contribution is -2.30. The van der Waals surface area contributed by atoms with Gasteiger partial charge in [0.1, 0.15) is 6.20 Å². The molecule has 3 aromatic rings. The van der Waals surface area contributed by atoms with Crippen LogP contribution >= 0.6 is 11.3 Å². The monoisotopic (exact) mass is 231 g/mol. The second-order valence-electron chi connectivity index (χ2n) is 4.24. The minimum Gasteiger partial charge on any atom is -0.236 e. The largest absolute Gasteiger partial charge is 0.261 e. The number of imidazole rings is 1. The number of fused-ring (bicyclic) bond motifs is 3. The quantitative estimate of drug-likeness (QED) is 0.569. The van der Waals surface area contributed by atoms with Gasteiger partial charge in [-0.1, -0.05) is 6.92 Å². The van der Waals surface area contributed by atoms with Crippen molar-refractivity contribution < 1.29 is 4.57 Å². The minimum atomic E-state index is 1.06. The van der Waals surface area contributed by atoms with E-state index in [0.717, 1.165) is 6.42 Å². The number of aryl methyl sites for hydroxylation is 3. The number of aromatic nitrogens is 2. The third-order valence-electron chi connectivity index (χ3n) is 3.22. The van der Waals surface area contributed by atoms with Crippen molar-refractivity contribution in [1.29, 1.82) is 0 Å². The molecule has 0 saturated heterocycles. The Hall–Kier alpha value is -1.35. The summed E-state index contributed by atoms with van der Waals surface area (Å²) in [4.78, 5) is 0. The fourth-order valence-electron chi connectivity index (χ4n) is 2.39. The van der Waals surface area contributed by atoms with E-state index in [4.69, 9.17) is 0 Å². The molecule has 0 aliphatic heterocycles. The van der Waals surface area contributed by atoms with E-state index in [0.29, 0.717) is 0 Å². The van der Waals surface area contributed by atoms with Gasteiger partial charge >= 0.3 is 0 Å². The molecule has 0 saturated carbocycles. The van der Waals surface area contributed by atoms with Gasteiger partial charge in [-0.3, -0.25) is 0 Å². The maximum Gasteiger partial charge on any atom is 0.261 e. The van der Waals surface area contributed by atoms with Gasteiger partial charge in [0.15, 0.2) is 5.52 Å². The highest BCUT2D eigenvalue weighted by Crippen LogP contribution is 2.29. The maximum absolute atomic E-state index is 2.30. The van der Waals surface area contributed by atoms with Crippen LogP contribution in [-0.2, 0) is 13.5 Å². The predicted octanol–water partition coefficient (Wildman–Crippen LogP) is 2.85. The molecule has 3 rings (SSSR count). The van der Waals surface area contributed by atoms with Crippen LogP contribution in [0, 0.1) is 6.92 Å². The topological polar surface area (TPSA) is 8.29 Å². The van der Waals surface area contributed by atoms with Crippen LogP contribution in [0.25, 0.3) is 15.6 Å². The molecule has 0 N–H and O–H groups in total. The van der Waals surface area contributed by atoms with E-state index in [1.165, 1.54) is 27.0 Å². The van der Waals surface area contributed by atoms with Crippen molar-refractivity contribution in [2.45, 2.75) is 20.3 Å². The zero-order valence-corrected chi connectivity index (χ0v) is 10.6. The molecule has 16 heavy (non-hydrogen) atoms. The lowest BCUT2D eigenvalue weighted by Gasteiger charge is -1.93. The second kappa shape index (κ2) is 3.32. The van der Waals surface area contributed by atoms with Crippen molar-refractivity contribution in [3.63, 3.8) is 0 Å². The van der Waals surface area contributed by atoms with Crippen LogP contribution in [-0.4, -0.2) is 4.40 Å². The number of hydrogen-bond acceptors (Lipinski definition) is 1. The van der Waals surface area contributed by atoms with Crippen LogP contribution in [0.1, 0.15) is 18.3 Å². The second-order valence-corrected chi connectivity index (χ2v) is 5.12. The summed E-state index contributed by atoms with van der Waals surface area (Å²) in [6.07, 6.45) is 5.48. The van der Waals surface area contributed by atoms with Crippen molar-refractivity contribution in [3.8, 4) is 0 Å². The Morgan fingerprint density at radius 2 is 2.25 bits per heavy atom. The summed E-state index contributed by atoms with van der Waals surface area (Å²) >= 11 is 1.84. The molecule has 0 aliphatic rings. The van der Waals surface area contributed by atoms with Crippen molar-refractivity contribution in [2.24, 2.45) is 7.05 Å². The van der Waals surface area contributed by atoms with E-state index in [2.05, 4.69) is 53.7 Å². The van der Waals surface area contributed by atoms with E-state index < -0.39 is 0 Å². The predicted molar refractivity (Wildman–Crippen MR) is 68.1 cm³/mol. The molecule has 3 aromatic heterocycles. The SMILES string of the molecule is CCc1n2ccc3c(C)csc3c2c[n+]1C. The van der Waals surface area contributed by atoms with Gasteiger partial charge in [-0.2, -0.15) is 4.40 Å². The Bertz CT molecular complexity index is 676. The molecule has 82 valence electrons. The fourth-order valence-corrected chi connectivity index (χ4v) is 3.44. The number of thiophene rings is 1. The van der Waals surface area contributed by atoms with Crippen LogP contribution in [0.2, 0.25) is 0 Å². The molecule has 0 atom stereocenters. The Labute approximate surface area is 98.8 Å². The standard InChI is InChI=1S/C13H15N2S/c1-4-12-14(3)7-11-13-10(5-6-15(11)12)9(2)8-16-13/h5-8H,4H2,1-3H3/q+1. The third kappa shape index (κ3) is 1.15. The average Bonchev–Trinajstić information content (AvgIpc) is 2.78. The summed E-state index contributed by atoms with van der Waals surface area (Å²) in [6, 6.07) is 2.23. The van der Waals surface area contributed by atoms with Gasteiger partial charge in [0, 0.05) is 11.8 Å². The van der Waals surface area contributed by atoms with Gasteiger partial charge in [0.05, 0.1) is 17.9 Å². The molecule has 3 heterocycles. The summed E-state index contributed by atoms with van der Waals surface area (Å²) in [7, 11) is 2.12. The summed E-state index contributed by atoms with van der Waals surface area (Å²) in [5.74, 6) is 1.35. The van der Waals surface area contributed by atoms with Crippen LogP contribution in [0.4, 0.5) is 0 Å². The average molecular weight is 231 g/mol. The molecule has 0 spiro atoms. The van der Waals surface area contributed by atoms with Gasteiger partial charge in [0.25, 0.3) is 5.82 Å². The van der Waals surface area contributed by atoms with Crippen LogP contribution in [0.15, 0.2) is 23.8 Å². The van der Waals surface area contributed by atoms with Gasteiger partial charge in [0.2, 0.25) is 0 Å². The van der Waals surface area contributed by atoms with Crippen molar-refractivity contribution in [2.75, 3.05) is 0 Å². The molecule has 0 amide bonds. The van der Waals surface area contributed by atoms with Crippen LogP contribution in [0.3, 0.4) is 0 Å². The normalized spacial score (nSPS) is 11.7. The first kappa shape index (κ1) is 9.85. The summed E-state index contributed by atoms with van der Waals surface area (Å²) in [5.41, 5.74) is 2.71. The number of pyridine rings is 1. The molecule has 0 bridgehead atoms. The number of hydrogen-bond donors (Lipinski definition) is 0. The molecule has 3 heteroatoms. The Morgan fingerprint density at radius 1 is 1.44 bits per heavy atom. The highest BCUT2D eigenvalue weighted by atomic mass is 32.1. The molecule has 2 nitrogen and oxygen atoms in total. The summed E-state index contributed by atoms with van der Waals surface area (Å²) in [5, 5.41) is 3.63. The number of rotatable bonds is 1. The van der Waals surface area contributed by atoms with Gasteiger partial charge in [-0.25, -0.2) is 4.57 Å². The first-order valence-electron chi connectivity index (χ1n) is 5.58. The lowest BCUT2D eigenvalue weighted by molar-refractivity contribution is -0.677. The molecule has 0 fully saturated rings. The van der Waals surface area contributed by atoms with Gasteiger partial charge in [-0.15, -0.1) is 11.3 Å². The van der Waals surface area contributed by atoms with E-state index in [9.17, 15) is 0 Å². The first-order chi connectivity index (χ1) is 7.72. The summed E-state index contributed by atoms with van der Waals surface area (Å²) in [6.45, 7) is 4.38. The maximum atomic E-state index is 2.30. The number of nitrogens with zero attached hydrogens (tertiary/aromatic N) is 2. The minimum absolute atomic E-state index is 1.06. The summed E-state index contributed by atoms with van der Waals surface area (Å²) < 4.78 is 5.93. The van der Waals surface area contributed by atoms with Crippen molar-refractivity contribution >= 4 is 26.9 Å². The van der Waals surface area contributed by atoms with Gasteiger partial charge in [-0.05, 0) is 23.9 Å². The van der Waals surface area contributed by atoms with Gasteiger partial charge < -0.3 is 0 Å². The first-order valence-corrected chi connectivity index (χ1v) is 6.46. The van der Waals surface area contributed by atoms with E-state index in [1.807, 2.05) is 11.3 Å². The molecular formula is C13H15N2S+. The lowest BCUT2D eigenvalue weighted by atomic mass is 10.2. The van der Waals surface area contributed by atoms with Crippen LogP contribution < -0.4 is 4.57 Å². The van der Waals surface area contributed by atoms with Crippen LogP contribution in [0.5, 0.6) is 0 Å².